The molecule has 96 valence electrons. The molecule has 3 rings (SSSR count). The molecular weight excluding hydrogens is 242 g/mol. The quantitative estimate of drug-likeness (QED) is 0.831. The van der Waals surface area contributed by atoms with E-state index in [-0.39, 0.29) is 6.79 Å². The van der Waals surface area contributed by atoms with Gasteiger partial charge in [0.05, 0.1) is 13.2 Å². The maximum atomic E-state index is 9.03. The molecule has 5 heteroatoms. The van der Waals surface area contributed by atoms with E-state index in [1.165, 1.54) is 0 Å². The van der Waals surface area contributed by atoms with Gasteiger partial charge in [0, 0.05) is 23.0 Å². The van der Waals surface area contributed by atoms with E-state index in [1.54, 1.807) is 6.07 Å². The summed E-state index contributed by atoms with van der Waals surface area (Å²) in [7, 11) is 0. The molecule has 2 N–H and O–H groups in total. The smallest absolute Gasteiger partial charge is 0.189 e. The summed E-state index contributed by atoms with van der Waals surface area (Å²) in [4.78, 5) is 0. The van der Waals surface area contributed by atoms with E-state index in [0.29, 0.717) is 24.5 Å². The van der Waals surface area contributed by atoms with Crippen molar-refractivity contribution in [2.45, 2.75) is 13.2 Å². The van der Waals surface area contributed by atoms with Crippen molar-refractivity contribution in [2.75, 3.05) is 12.5 Å². The number of fused-ring (bicyclic) bond motifs is 1. The van der Waals surface area contributed by atoms with Gasteiger partial charge >= 0.3 is 0 Å². The van der Waals surface area contributed by atoms with Gasteiger partial charge in [-0.2, -0.15) is 5.26 Å². The van der Waals surface area contributed by atoms with Crippen LogP contribution in [0.25, 0.3) is 0 Å². The zero-order chi connectivity index (χ0) is 13.2. The van der Waals surface area contributed by atoms with Crippen molar-refractivity contribution in [3.8, 4) is 11.8 Å². The zero-order valence-electron chi connectivity index (χ0n) is 10.3. The van der Waals surface area contributed by atoms with E-state index in [9.17, 15) is 0 Å². The first-order valence-electron chi connectivity index (χ1n) is 5.95. The molecule has 0 amide bonds. The molecule has 19 heavy (non-hydrogen) atoms. The highest BCUT2D eigenvalue weighted by Gasteiger charge is 2.16. The van der Waals surface area contributed by atoms with Crippen molar-refractivity contribution in [3.63, 3.8) is 0 Å². The summed E-state index contributed by atoms with van der Waals surface area (Å²) in [6, 6.07) is 9.53. The van der Waals surface area contributed by atoms with Crippen LogP contribution in [0, 0.1) is 11.3 Å². The predicted molar refractivity (Wildman–Crippen MR) is 69.4 cm³/mol. The third kappa shape index (κ3) is 2.14. The van der Waals surface area contributed by atoms with Crippen LogP contribution in [-0.4, -0.2) is 11.4 Å². The molecule has 0 fully saturated rings. The summed E-state index contributed by atoms with van der Waals surface area (Å²) >= 11 is 0. The maximum absolute atomic E-state index is 9.03. The minimum Gasteiger partial charge on any atom is -0.467 e. The van der Waals surface area contributed by atoms with Gasteiger partial charge in [-0.15, -0.1) is 0 Å². The van der Waals surface area contributed by atoms with E-state index in [2.05, 4.69) is 6.07 Å². The molecule has 1 aliphatic heterocycles. The Morgan fingerprint density at radius 1 is 1.42 bits per heavy atom. The number of nitrogens with zero attached hydrogens (tertiary/aromatic N) is 2. The lowest BCUT2D eigenvalue weighted by Crippen LogP contribution is -2.15. The minimum absolute atomic E-state index is 0.251. The normalized spacial score (nSPS) is 13.4. The number of hydrogen-bond acceptors (Lipinski definition) is 4. The van der Waals surface area contributed by atoms with Crippen molar-refractivity contribution < 1.29 is 9.47 Å². The molecule has 0 spiro atoms. The number of nitrogens with two attached hydrogens (primary N) is 1. The van der Waals surface area contributed by atoms with Crippen molar-refractivity contribution >= 4 is 5.69 Å². The number of nitriles is 1. The first kappa shape index (κ1) is 11.6. The van der Waals surface area contributed by atoms with E-state index in [4.69, 9.17) is 20.5 Å². The second-order valence-corrected chi connectivity index (χ2v) is 4.41. The molecule has 0 atom stereocenters. The number of rotatable bonds is 2. The van der Waals surface area contributed by atoms with Crippen LogP contribution in [-0.2, 0) is 17.9 Å². The number of benzene rings is 1. The Kier molecular flexibility index (Phi) is 2.86. The average molecular weight is 255 g/mol. The molecule has 1 aromatic carbocycles. The molecule has 2 heterocycles. The zero-order valence-corrected chi connectivity index (χ0v) is 10.3. The maximum Gasteiger partial charge on any atom is 0.189 e. The molecule has 5 nitrogen and oxygen atoms in total. The van der Waals surface area contributed by atoms with Gasteiger partial charge in [-0.3, -0.25) is 0 Å². The highest BCUT2D eigenvalue weighted by molar-refractivity contribution is 5.53. The Morgan fingerprint density at radius 2 is 2.32 bits per heavy atom. The number of nitrogen functional groups attached to an aromatic ring is 1. The van der Waals surface area contributed by atoms with Gasteiger partial charge in [0.25, 0.3) is 0 Å². The van der Waals surface area contributed by atoms with Gasteiger partial charge in [0.2, 0.25) is 0 Å². The van der Waals surface area contributed by atoms with Crippen molar-refractivity contribution in [1.29, 1.82) is 5.26 Å². The van der Waals surface area contributed by atoms with E-state index in [1.807, 2.05) is 29.0 Å². The number of aromatic nitrogens is 1. The van der Waals surface area contributed by atoms with Crippen LogP contribution in [0.15, 0.2) is 30.5 Å². The predicted octanol–water partition coefficient (Wildman–Crippen LogP) is 1.86. The number of hydrogen-bond donors (Lipinski definition) is 1. The summed E-state index contributed by atoms with van der Waals surface area (Å²) in [6.07, 6.45) is 1.87. The Hall–Kier alpha value is -2.45. The van der Waals surface area contributed by atoms with Crippen LogP contribution in [0.3, 0.4) is 0 Å². The molecule has 1 aliphatic rings. The van der Waals surface area contributed by atoms with Gasteiger partial charge in [-0.25, -0.2) is 0 Å². The highest BCUT2D eigenvalue weighted by Crippen LogP contribution is 2.31. The molecule has 0 unspecified atom stereocenters. The lowest BCUT2D eigenvalue weighted by molar-refractivity contribution is -0.0170. The number of anilines is 1. The third-order valence-electron chi connectivity index (χ3n) is 3.09. The minimum atomic E-state index is 0.251. The first-order valence-corrected chi connectivity index (χ1v) is 5.95. The molecule has 2 aromatic rings. The Morgan fingerprint density at radius 3 is 3.16 bits per heavy atom. The summed E-state index contributed by atoms with van der Waals surface area (Å²) in [6.45, 7) is 1.31. The number of ether oxygens (including phenoxy) is 2. The fraction of sp³-hybridized carbons (Fsp3) is 0.214. The average Bonchev–Trinajstić information content (AvgIpc) is 2.86. The largest absolute Gasteiger partial charge is 0.467 e. The molecule has 0 saturated carbocycles. The van der Waals surface area contributed by atoms with Gasteiger partial charge in [0.15, 0.2) is 6.79 Å². The molecule has 0 radical (unpaired) electrons. The monoisotopic (exact) mass is 255 g/mol. The molecule has 1 aromatic heterocycles. The van der Waals surface area contributed by atoms with Crippen LogP contribution in [0.4, 0.5) is 5.69 Å². The summed E-state index contributed by atoms with van der Waals surface area (Å²) in [5, 5.41) is 9.03. The van der Waals surface area contributed by atoms with Crippen molar-refractivity contribution in [2.24, 2.45) is 0 Å². The Labute approximate surface area is 110 Å². The van der Waals surface area contributed by atoms with Crippen molar-refractivity contribution in [3.05, 3.63) is 47.3 Å². The topological polar surface area (TPSA) is 73.2 Å². The Bertz CT molecular complexity index is 655. The van der Waals surface area contributed by atoms with Crippen LogP contribution in [0.5, 0.6) is 5.75 Å². The molecule has 0 saturated heterocycles. The standard InChI is InChI=1S/C14H13N3O2/c15-6-13-2-1-3-17(13)7-10-4-12(16)5-11-8-18-9-19-14(10)11/h1-5H,7-9,16H2. The van der Waals surface area contributed by atoms with Gasteiger partial charge in [-0.05, 0) is 24.3 Å². The summed E-state index contributed by atoms with van der Waals surface area (Å²) < 4.78 is 12.7. The Balaban J connectivity index is 2.01. The van der Waals surface area contributed by atoms with Crippen molar-refractivity contribution in [1.82, 2.24) is 4.57 Å². The van der Waals surface area contributed by atoms with E-state index < -0.39 is 0 Å². The first-order chi connectivity index (χ1) is 9.28. The summed E-state index contributed by atoms with van der Waals surface area (Å²) in [5.74, 6) is 0.818. The van der Waals surface area contributed by atoms with Crippen LogP contribution in [0.2, 0.25) is 0 Å². The lowest BCUT2D eigenvalue weighted by atomic mass is 10.1. The van der Waals surface area contributed by atoms with E-state index in [0.717, 1.165) is 16.9 Å². The van der Waals surface area contributed by atoms with Crippen LogP contribution < -0.4 is 10.5 Å². The molecule has 0 bridgehead atoms. The second-order valence-electron chi connectivity index (χ2n) is 4.41. The van der Waals surface area contributed by atoms with Gasteiger partial charge in [-0.1, -0.05) is 0 Å². The van der Waals surface area contributed by atoms with Gasteiger partial charge < -0.3 is 19.8 Å². The lowest BCUT2D eigenvalue weighted by Gasteiger charge is -2.21. The van der Waals surface area contributed by atoms with Crippen LogP contribution in [0.1, 0.15) is 16.8 Å². The summed E-state index contributed by atoms with van der Waals surface area (Å²) in [5.41, 5.74) is 9.10. The highest BCUT2D eigenvalue weighted by atomic mass is 16.7. The second kappa shape index (κ2) is 4.67. The molecule has 0 aliphatic carbocycles. The fourth-order valence-corrected chi connectivity index (χ4v) is 2.28. The SMILES string of the molecule is N#Cc1cccn1Cc1cc(N)cc2c1OCOC2. The van der Waals surface area contributed by atoms with Gasteiger partial charge in [0.1, 0.15) is 17.5 Å². The third-order valence-corrected chi connectivity index (χ3v) is 3.09. The van der Waals surface area contributed by atoms with Crippen LogP contribution >= 0.6 is 0 Å². The van der Waals surface area contributed by atoms with E-state index >= 15 is 0 Å². The fourth-order valence-electron chi connectivity index (χ4n) is 2.28. The molecular formula is C14H13N3O2.